The first-order valence-electron chi connectivity index (χ1n) is 5.18. The van der Waals surface area contributed by atoms with Gasteiger partial charge in [0.2, 0.25) is 5.91 Å². The molecule has 1 atom stereocenters. The van der Waals surface area contributed by atoms with Gasteiger partial charge in [-0.2, -0.15) is 0 Å². The molecule has 1 amide bonds. The van der Waals surface area contributed by atoms with Crippen LogP contribution >= 0.6 is 0 Å². The van der Waals surface area contributed by atoms with Gasteiger partial charge < -0.3 is 21.9 Å². The molecule has 98 valence electrons. The largest absolute Gasteiger partial charge is 0.478 e. The van der Waals surface area contributed by atoms with E-state index in [2.05, 4.69) is 5.32 Å². The van der Waals surface area contributed by atoms with Crippen molar-refractivity contribution in [3.63, 3.8) is 0 Å². The van der Waals surface area contributed by atoms with Gasteiger partial charge in [0, 0.05) is 12.5 Å². The molecule has 0 aliphatic carbocycles. The van der Waals surface area contributed by atoms with Gasteiger partial charge in [-0.25, -0.2) is 9.18 Å². The minimum absolute atomic E-state index is 0.0573. The number of carboxylic acids is 1. The molecule has 0 fully saturated rings. The van der Waals surface area contributed by atoms with Gasteiger partial charge in [-0.1, -0.05) is 0 Å². The number of nitrogens with one attached hydrogen (secondary N) is 1. The molecule has 0 spiro atoms. The number of primary amides is 1. The van der Waals surface area contributed by atoms with Crippen molar-refractivity contribution in [1.29, 1.82) is 0 Å². The van der Waals surface area contributed by atoms with Crippen LogP contribution < -0.4 is 16.8 Å². The van der Waals surface area contributed by atoms with E-state index in [9.17, 15) is 14.0 Å². The molecule has 1 rings (SSSR count). The Hall–Kier alpha value is -2.31. The molecule has 0 aliphatic rings. The van der Waals surface area contributed by atoms with Crippen molar-refractivity contribution in [1.82, 2.24) is 0 Å². The van der Waals surface area contributed by atoms with Crippen LogP contribution in [0.1, 0.15) is 23.7 Å². The van der Waals surface area contributed by atoms with Gasteiger partial charge in [0.15, 0.2) is 0 Å². The van der Waals surface area contributed by atoms with Gasteiger partial charge in [0.25, 0.3) is 0 Å². The molecule has 1 aromatic rings. The van der Waals surface area contributed by atoms with E-state index in [1.807, 2.05) is 0 Å². The fraction of sp³-hybridized carbons (Fsp3) is 0.273. The lowest BCUT2D eigenvalue weighted by molar-refractivity contribution is -0.118. The maximum Gasteiger partial charge on any atom is 0.338 e. The first-order chi connectivity index (χ1) is 8.31. The number of hydrogen-bond donors (Lipinski definition) is 4. The summed E-state index contributed by atoms with van der Waals surface area (Å²) in [5, 5.41) is 11.5. The topological polar surface area (TPSA) is 118 Å². The number of carboxylic acid groups (broad SMARTS) is 1. The predicted octanol–water partition coefficient (Wildman–Crippen LogP) is 0.782. The van der Waals surface area contributed by atoms with E-state index in [1.54, 1.807) is 6.92 Å². The van der Waals surface area contributed by atoms with Crippen LogP contribution in [0.2, 0.25) is 0 Å². The SMILES string of the molecule is CC(CC(N)=O)Nc1cc(F)c(C(=O)O)cc1N. The summed E-state index contributed by atoms with van der Waals surface area (Å²) in [5.74, 6) is -2.79. The highest BCUT2D eigenvalue weighted by atomic mass is 19.1. The Bertz CT molecular complexity index is 491. The number of halogens is 1. The van der Waals surface area contributed by atoms with Crippen LogP contribution in [-0.2, 0) is 4.79 Å². The number of hydrogen-bond acceptors (Lipinski definition) is 4. The maximum absolute atomic E-state index is 13.4. The first kappa shape index (κ1) is 13.8. The van der Waals surface area contributed by atoms with Crippen molar-refractivity contribution in [2.24, 2.45) is 5.73 Å². The van der Waals surface area contributed by atoms with Crippen LogP contribution in [0.4, 0.5) is 15.8 Å². The quantitative estimate of drug-likeness (QED) is 0.580. The Morgan fingerprint density at radius 3 is 2.61 bits per heavy atom. The van der Waals surface area contributed by atoms with E-state index in [0.29, 0.717) is 0 Å². The lowest BCUT2D eigenvalue weighted by atomic mass is 10.1. The minimum Gasteiger partial charge on any atom is -0.478 e. The summed E-state index contributed by atoms with van der Waals surface area (Å²) in [6.45, 7) is 1.67. The highest BCUT2D eigenvalue weighted by Crippen LogP contribution is 2.24. The molecular formula is C11H14FN3O3. The number of nitrogens with two attached hydrogens (primary N) is 2. The van der Waals surface area contributed by atoms with Gasteiger partial charge in [-0.05, 0) is 19.1 Å². The minimum atomic E-state index is -1.39. The molecular weight excluding hydrogens is 241 g/mol. The fourth-order valence-corrected chi connectivity index (χ4v) is 1.50. The van der Waals surface area contributed by atoms with Crippen LogP contribution in [-0.4, -0.2) is 23.0 Å². The molecule has 1 unspecified atom stereocenters. The Morgan fingerprint density at radius 1 is 1.50 bits per heavy atom. The summed E-state index contributed by atoms with van der Waals surface area (Å²) >= 11 is 0. The van der Waals surface area contributed by atoms with E-state index in [-0.39, 0.29) is 23.8 Å². The molecule has 7 heteroatoms. The summed E-state index contributed by atoms with van der Waals surface area (Å²) in [7, 11) is 0. The van der Waals surface area contributed by atoms with Crippen LogP contribution in [0.3, 0.4) is 0 Å². The lowest BCUT2D eigenvalue weighted by Crippen LogP contribution is -2.24. The Kier molecular flexibility index (Phi) is 4.09. The zero-order valence-corrected chi connectivity index (χ0v) is 9.74. The van der Waals surface area contributed by atoms with Crippen molar-refractivity contribution in [3.8, 4) is 0 Å². The van der Waals surface area contributed by atoms with Crippen molar-refractivity contribution in [3.05, 3.63) is 23.5 Å². The molecule has 0 radical (unpaired) electrons. The van der Waals surface area contributed by atoms with Crippen molar-refractivity contribution in [2.75, 3.05) is 11.1 Å². The van der Waals surface area contributed by atoms with Crippen molar-refractivity contribution >= 4 is 23.3 Å². The third-order valence-corrected chi connectivity index (χ3v) is 2.28. The summed E-state index contributed by atoms with van der Waals surface area (Å²) in [5.41, 5.74) is 10.4. The van der Waals surface area contributed by atoms with Crippen LogP contribution in [0.5, 0.6) is 0 Å². The van der Waals surface area contributed by atoms with Crippen molar-refractivity contribution in [2.45, 2.75) is 19.4 Å². The predicted molar refractivity (Wildman–Crippen MR) is 64.7 cm³/mol. The molecule has 0 aliphatic heterocycles. The monoisotopic (exact) mass is 255 g/mol. The van der Waals surface area contributed by atoms with Crippen LogP contribution in [0.15, 0.2) is 12.1 Å². The van der Waals surface area contributed by atoms with Gasteiger partial charge in [-0.15, -0.1) is 0 Å². The molecule has 0 bridgehead atoms. The number of amides is 1. The van der Waals surface area contributed by atoms with Crippen LogP contribution in [0, 0.1) is 5.82 Å². The second kappa shape index (κ2) is 5.35. The van der Waals surface area contributed by atoms with E-state index < -0.39 is 23.3 Å². The lowest BCUT2D eigenvalue weighted by Gasteiger charge is -2.16. The molecule has 0 aromatic heterocycles. The smallest absolute Gasteiger partial charge is 0.338 e. The normalized spacial score (nSPS) is 11.9. The standard InChI is InChI=1S/C11H14FN3O3/c1-5(2-10(14)16)15-9-4-7(12)6(11(17)18)3-8(9)13/h3-5,15H,2,13H2,1H3,(H2,14,16)(H,17,18). The molecule has 0 saturated carbocycles. The fourth-order valence-electron chi connectivity index (χ4n) is 1.50. The summed E-state index contributed by atoms with van der Waals surface area (Å²) in [6, 6.07) is 1.67. The van der Waals surface area contributed by atoms with E-state index in [0.717, 1.165) is 12.1 Å². The number of carbonyl (C=O) groups is 2. The second-order valence-electron chi connectivity index (χ2n) is 3.94. The van der Waals surface area contributed by atoms with Gasteiger partial charge >= 0.3 is 5.97 Å². The molecule has 0 heterocycles. The van der Waals surface area contributed by atoms with E-state index in [4.69, 9.17) is 16.6 Å². The summed E-state index contributed by atoms with van der Waals surface area (Å²) in [4.78, 5) is 21.4. The molecule has 1 aromatic carbocycles. The average Bonchev–Trinajstić information content (AvgIpc) is 2.21. The molecule has 0 saturated heterocycles. The number of carbonyl (C=O) groups excluding carboxylic acids is 1. The summed E-state index contributed by atoms with van der Waals surface area (Å²) < 4.78 is 13.4. The van der Waals surface area contributed by atoms with Gasteiger partial charge in [-0.3, -0.25) is 4.79 Å². The Labute approximate surface area is 103 Å². The zero-order valence-electron chi connectivity index (χ0n) is 9.74. The van der Waals surface area contributed by atoms with Crippen LogP contribution in [0.25, 0.3) is 0 Å². The average molecular weight is 255 g/mol. The van der Waals surface area contributed by atoms with E-state index in [1.165, 1.54) is 0 Å². The third kappa shape index (κ3) is 3.34. The molecule has 18 heavy (non-hydrogen) atoms. The van der Waals surface area contributed by atoms with E-state index >= 15 is 0 Å². The Morgan fingerprint density at radius 2 is 2.11 bits per heavy atom. The number of anilines is 2. The number of rotatable bonds is 5. The first-order valence-corrected chi connectivity index (χ1v) is 5.18. The number of aromatic carboxylic acids is 1. The van der Waals surface area contributed by atoms with Crippen molar-refractivity contribution < 1.29 is 19.1 Å². The van der Waals surface area contributed by atoms with Gasteiger partial charge in [0.1, 0.15) is 5.82 Å². The molecule has 6 N–H and O–H groups in total. The summed E-state index contributed by atoms with van der Waals surface area (Å²) in [6.07, 6.45) is 0.0573. The second-order valence-corrected chi connectivity index (χ2v) is 3.94. The van der Waals surface area contributed by atoms with Gasteiger partial charge in [0.05, 0.1) is 16.9 Å². The maximum atomic E-state index is 13.4. The number of benzene rings is 1. The number of nitrogen functional groups attached to an aromatic ring is 1. The highest BCUT2D eigenvalue weighted by Gasteiger charge is 2.15. The highest BCUT2D eigenvalue weighted by molar-refractivity contribution is 5.90. The Balaban J connectivity index is 2.94. The third-order valence-electron chi connectivity index (χ3n) is 2.28. The molecule has 6 nitrogen and oxygen atoms in total. The zero-order chi connectivity index (χ0) is 13.9.